The van der Waals surface area contributed by atoms with Gasteiger partial charge < -0.3 is 24.7 Å². The highest BCUT2D eigenvalue weighted by Crippen LogP contribution is 2.44. The van der Waals surface area contributed by atoms with E-state index in [1.54, 1.807) is 19.1 Å². The van der Waals surface area contributed by atoms with Gasteiger partial charge in [-0.1, -0.05) is 0 Å². The molecular weight excluding hydrogens is 412 g/mol. The van der Waals surface area contributed by atoms with E-state index in [1.165, 1.54) is 12.0 Å². The highest BCUT2D eigenvalue weighted by atomic mass is 16.5. The summed E-state index contributed by atoms with van der Waals surface area (Å²) in [5.74, 6) is 1.18. The number of anilines is 2. The van der Waals surface area contributed by atoms with Gasteiger partial charge in [0.25, 0.3) is 0 Å². The predicted octanol–water partition coefficient (Wildman–Crippen LogP) is 2.72. The van der Waals surface area contributed by atoms with E-state index in [4.69, 9.17) is 4.74 Å². The SMILES string of the molecule is CCN(C(=O)O)c1ccc(OC)nc1N1CCCC2(CCN(C3CCC(O)CC3)C2=O)C1. The molecule has 2 saturated heterocycles. The molecule has 4 rings (SSSR count). The van der Waals surface area contributed by atoms with Gasteiger partial charge in [0, 0.05) is 38.3 Å². The Hall–Kier alpha value is -2.55. The fraction of sp³-hybridized carbons (Fsp3) is 0.696. The summed E-state index contributed by atoms with van der Waals surface area (Å²) in [7, 11) is 1.54. The van der Waals surface area contributed by atoms with Gasteiger partial charge >= 0.3 is 6.09 Å². The third kappa shape index (κ3) is 4.10. The molecular formula is C23H34N4O5. The zero-order valence-electron chi connectivity index (χ0n) is 19.0. The van der Waals surface area contributed by atoms with Crippen LogP contribution in [-0.2, 0) is 4.79 Å². The number of nitrogens with zero attached hydrogens (tertiary/aromatic N) is 4. The van der Waals surface area contributed by atoms with Crippen LogP contribution in [0.15, 0.2) is 12.1 Å². The van der Waals surface area contributed by atoms with Crippen molar-refractivity contribution in [2.45, 2.75) is 64.0 Å². The van der Waals surface area contributed by atoms with Crippen LogP contribution in [0.5, 0.6) is 5.88 Å². The van der Waals surface area contributed by atoms with Crippen molar-refractivity contribution in [3.63, 3.8) is 0 Å². The number of amides is 2. The Morgan fingerprint density at radius 2 is 2.00 bits per heavy atom. The topological polar surface area (TPSA) is 106 Å². The first-order valence-corrected chi connectivity index (χ1v) is 11.7. The number of carboxylic acid groups (broad SMARTS) is 1. The number of hydrogen-bond donors (Lipinski definition) is 2. The first kappa shape index (κ1) is 22.6. The quantitative estimate of drug-likeness (QED) is 0.716. The Morgan fingerprint density at radius 3 is 2.66 bits per heavy atom. The molecule has 176 valence electrons. The van der Waals surface area contributed by atoms with Crippen molar-refractivity contribution >= 4 is 23.5 Å². The van der Waals surface area contributed by atoms with E-state index < -0.39 is 11.5 Å². The fourth-order valence-electron chi connectivity index (χ4n) is 5.65. The van der Waals surface area contributed by atoms with Gasteiger partial charge in [-0.25, -0.2) is 4.79 Å². The summed E-state index contributed by atoms with van der Waals surface area (Å²) < 4.78 is 5.32. The number of aliphatic hydroxyl groups is 1. The second-order valence-electron chi connectivity index (χ2n) is 9.24. The second-order valence-corrected chi connectivity index (χ2v) is 9.24. The Balaban J connectivity index is 1.59. The molecule has 1 atom stereocenters. The van der Waals surface area contributed by atoms with Crippen molar-refractivity contribution in [3.05, 3.63) is 12.1 Å². The van der Waals surface area contributed by atoms with Gasteiger partial charge in [0.15, 0.2) is 5.82 Å². The summed E-state index contributed by atoms with van der Waals surface area (Å²) in [6, 6.07) is 3.62. The summed E-state index contributed by atoms with van der Waals surface area (Å²) >= 11 is 0. The number of aromatic nitrogens is 1. The Morgan fingerprint density at radius 1 is 1.25 bits per heavy atom. The maximum absolute atomic E-state index is 13.6. The summed E-state index contributed by atoms with van der Waals surface area (Å²) in [6.07, 6.45) is 4.45. The summed E-state index contributed by atoms with van der Waals surface area (Å²) in [4.78, 5) is 35.5. The number of carbonyl (C=O) groups is 2. The van der Waals surface area contributed by atoms with Crippen LogP contribution in [0.25, 0.3) is 0 Å². The van der Waals surface area contributed by atoms with Gasteiger partial charge in [-0.2, -0.15) is 4.98 Å². The molecule has 1 aromatic rings. The molecule has 0 aromatic carbocycles. The normalized spacial score (nSPS) is 28.3. The molecule has 9 nitrogen and oxygen atoms in total. The maximum Gasteiger partial charge on any atom is 0.411 e. The molecule has 3 aliphatic rings. The number of methoxy groups -OCH3 is 1. The fourth-order valence-corrected chi connectivity index (χ4v) is 5.65. The molecule has 0 bridgehead atoms. The molecule has 2 N–H and O–H groups in total. The van der Waals surface area contributed by atoms with E-state index in [9.17, 15) is 19.8 Å². The van der Waals surface area contributed by atoms with Crippen molar-refractivity contribution in [1.82, 2.24) is 9.88 Å². The lowest BCUT2D eigenvalue weighted by Crippen LogP contribution is -2.50. The number of ether oxygens (including phenoxy) is 1. The zero-order valence-corrected chi connectivity index (χ0v) is 19.0. The van der Waals surface area contributed by atoms with Crippen LogP contribution in [0.2, 0.25) is 0 Å². The lowest BCUT2D eigenvalue weighted by Gasteiger charge is -2.41. The Bertz CT molecular complexity index is 857. The number of hydrogen-bond acceptors (Lipinski definition) is 6. The summed E-state index contributed by atoms with van der Waals surface area (Å²) in [6.45, 7) is 4.09. The predicted molar refractivity (Wildman–Crippen MR) is 120 cm³/mol. The van der Waals surface area contributed by atoms with Gasteiger partial charge in [-0.3, -0.25) is 9.69 Å². The summed E-state index contributed by atoms with van der Waals surface area (Å²) in [5.41, 5.74) is 0.0535. The molecule has 32 heavy (non-hydrogen) atoms. The number of pyridine rings is 1. The number of aliphatic hydroxyl groups excluding tert-OH is 1. The number of likely N-dealkylation sites (tertiary alicyclic amines) is 1. The lowest BCUT2D eigenvalue weighted by molar-refractivity contribution is -0.139. The average molecular weight is 447 g/mol. The second kappa shape index (κ2) is 9.13. The third-order valence-electron chi connectivity index (χ3n) is 7.41. The van der Waals surface area contributed by atoms with E-state index in [2.05, 4.69) is 9.88 Å². The molecule has 1 aliphatic carbocycles. The van der Waals surface area contributed by atoms with Gasteiger partial charge in [-0.05, 0) is 57.9 Å². The smallest absolute Gasteiger partial charge is 0.411 e. The van der Waals surface area contributed by atoms with Crippen LogP contribution in [0.3, 0.4) is 0 Å². The van der Waals surface area contributed by atoms with E-state index in [-0.39, 0.29) is 18.1 Å². The van der Waals surface area contributed by atoms with Crippen molar-refractivity contribution < 1.29 is 24.5 Å². The van der Waals surface area contributed by atoms with Gasteiger partial charge in [0.2, 0.25) is 11.8 Å². The van der Waals surface area contributed by atoms with Crippen molar-refractivity contribution in [2.24, 2.45) is 5.41 Å². The van der Waals surface area contributed by atoms with Crippen molar-refractivity contribution in [2.75, 3.05) is 43.1 Å². The molecule has 1 saturated carbocycles. The number of rotatable bonds is 5. The van der Waals surface area contributed by atoms with E-state index in [0.29, 0.717) is 30.5 Å². The average Bonchev–Trinajstić information content (AvgIpc) is 3.10. The van der Waals surface area contributed by atoms with Gasteiger partial charge in [0.1, 0.15) is 0 Å². The van der Waals surface area contributed by atoms with Crippen LogP contribution < -0.4 is 14.5 Å². The minimum absolute atomic E-state index is 0.207. The molecule has 1 spiro atoms. The zero-order chi connectivity index (χ0) is 22.9. The molecule has 0 radical (unpaired) electrons. The Kier molecular flexibility index (Phi) is 6.46. The van der Waals surface area contributed by atoms with Gasteiger partial charge in [-0.15, -0.1) is 0 Å². The maximum atomic E-state index is 13.6. The monoisotopic (exact) mass is 446 g/mol. The van der Waals surface area contributed by atoms with E-state index in [1.807, 2.05) is 4.90 Å². The van der Waals surface area contributed by atoms with Gasteiger partial charge in [0.05, 0.1) is 24.3 Å². The van der Waals surface area contributed by atoms with E-state index >= 15 is 0 Å². The molecule has 1 unspecified atom stereocenters. The first-order valence-electron chi connectivity index (χ1n) is 11.7. The van der Waals surface area contributed by atoms with Crippen LogP contribution >= 0.6 is 0 Å². The van der Waals surface area contributed by atoms with Crippen molar-refractivity contribution in [3.8, 4) is 5.88 Å². The molecule has 9 heteroatoms. The summed E-state index contributed by atoms with van der Waals surface area (Å²) in [5, 5.41) is 19.5. The van der Waals surface area contributed by atoms with Crippen molar-refractivity contribution in [1.29, 1.82) is 0 Å². The minimum atomic E-state index is -1.03. The highest BCUT2D eigenvalue weighted by Gasteiger charge is 2.51. The number of carbonyl (C=O) groups excluding carboxylic acids is 1. The van der Waals surface area contributed by atoms with Crippen LogP contribution in [-0.4, -0.2) is 77.5 Å². The molecule has 2 amide bonds. The van der Waals surface area contributed by atoms with Crippen LogP contribution in [0.4, 0.5) is 16.3 Å². The third-order valence-corrected chi connectivity index (χ3v) is 7.41. The lowest BCUT2D eigenvalue weighted by atomic mass is 9.78. The molecule has 3 fully saturated rings. The molecule has 2 aliphatic heterocycles. The van der Waals surface area contributed by atoms with Crippen LogP contribution in [0, 0.1) is 5.41 Å². The molecule has 3 heterocycles. The Labute approximate surface area is 189 Å². The molecule has 1 aromatic heterocycles. The number of piperidine rings is 1. The largest absolute Gasteiger partial charge is 0.481 e. The highest BCUT2D eigenvalue weighted by molar-refractivity contribution is 5.91. The standard InChI is InChI=1S/C23H34N4O5/c1-3-26(22(30)31)18-9-10-19(32-2)24-20(18)25-13-4-11-23(15-25)12-14-27(21(23)29)16-5-7-17(28)8-6-16/h9-10,16-17,28H,3-8,11-15H2,1-2H3,(H,30,31). The van der Waals surface area contributed by atoms with Crippen LogP contribution in [0.1, 0.15) is 51.9 Å². The minimum Gasteiger partial charge on any atom is -0.481 e. The first-order chi connectivity index (χ1) is 15.4. The van der Waals surface area contributed by atoms with E-state index in [0.717, 1.165) is 58.0 Å².